The van der Waals surface area contributed by atoms with E-state index in [9.17, 15) is 14.7 Å². The van der Waals surface area contributed by atoms with Gasteiger partial charge in [-0.15, -0.1) is 0 Å². The number of urea groups is 1. The summed E-state index contributed by atoms with van der Waals surface area (Å²) in [5.74, 6) is 0.0898. The van der Waals surface area contributed by atoms with Crippen LogP contribution < -0.4 is 16.3 Å². The monoisotopic (exact) mass is 346 g/mol. The number of para-hydroxylation sites is 1. The molecule has 1 fully saturated rings. The lowest BCUT2D eigenvalue weighted by Gasteiger charge is -2.14. The highest BCUT2D eigenvalue weighted by Crippen LogP contribution is 2.27. The summed E-state index contributed by atoms with van der Waals surface area (Å²) in [6.07, 6.45) is -0.694. The van der Waals surface area contributed by atoms with Gasteiger partial charge in [0, 0.05) is 18.3 Å². The second kappa shape index (κ2) is 7.43. The van der Waals surface area contributed by atoms with Gasteiger partial charge in [0.05, 0.1) is 12.7 Å². The summed E-state index contributed by atoms with van der Waals surface area (Å²) in [5, 5.41) is 23.9. The quantitative estimate of drug-likeness (QED) is 0.640. The number of anilines is 2. The highest BCUT2D eigenvalue weighted by molar-refractivity contribution is 5.99. The summed E-state index contributed by atoms with van der Waals surface area (Å²) >= 11 is 0. The molecule has 3 atom stereocenters. The van der Waals surface area contributed by atoms with Crippen molar-refractivity contribution >= 4 is 17.5 Å². The third kappa shape index (κ3) is 4.02. The number of hydrogen-bond donors (Lipinski definition) is 4. The van der Waals surface area contributed by atoms with Gasteiger partial charge in [-0.25, -0.2) is 9.59 Å². The normalized spacial score (nSPS) is 22.6. The molecule has 2 heterocycles. The predicted molar refractivity (Wildman–Crippen MR) is 89.2 cm³/mol. The van der Waals surface area contributed by atoms with Crippen molar-refractivity contribution in [3.05, 3.63) is 53.1 Å². The summed E-state index contributed by atoms with van der Waals surface area (Å²) in [5.41, 5.74) is -0.0231. The van der Waals surface area contributed by atoms with Gasteiger partial charge < -0.3 is 20.3 Å². The summed E-state index contributed by atoms with van der Waals surface area (Å²) in [6.45, 7) is -0.334. The van der Waals surface area contributed by atoms with Crippen LogP contribution >= 0.6 is 0 Å². The zero-order chi connectivity index (χ0) is 17.8. The van der Waals surface area contributed by atoms with Crippen LogP contribution in [0.5, 0.6) is 0 Å². The van der Waals surface area contributed by atoms with Crippen molar-refractivity contribution in [3.8, 4) is 0 Å². The smallest absolute Gasteiger partial charge is 0.351 e. The number of hydrogen-bond acceptors (Lipinski definition) is 6. The molecule has 132 valence electrons. The van der Waals surface area contributed by atoms with Gasteiger partial charge in [-0.2, -0.15) is 4.98 Å². The Hall–Kier alpha value is -2.75. The largest absolute Gasteiger partial charge is 0.394 e. The molecule has 4 N–H and O–H groups in total. The summed E-state index contributed by atoms with van der Waals surface area (Å²) in [7, 11) is 0. The molecular weight excluding hydrogens is 328 g/mol. The molecule has 9 heteroatoms. The van der Waals surface area contributed by atoms with Crippen molar-refractivity contribution in [2.75, 3.05) is 17.2 Å². The molecule has 1 aliphatic heterocycles. The Morgan fingerprint density at radius 2 is 2.04 bits per heavy atom. The van der Waals surface area contributed by atoms with E-state index in [1.807, 2.05) is 6.07 Å². The summed E-state index contributed by atoms with van der Waals surface area (Å²) < 4.78 is 6.62. The molecule has 0 radical (unpaired) electrons. The minimum absolute atomic E-state index is 0.0898. The number of carbonyl (C=O) groups is 1. The van der Waals surface area contributed by atoms with E-state index < -0.39 is 30.2 Å². The minimum atomic E-state index is -0.851. The molecule has 0 saturated carbocycles. The fourth-order valence-electron chi connectivity index (χ4n) is 2.55. The van der Waals surface area contributed by atoms with E-state index in [-0.39, 0.29) is 18.8 Å². The molecule has 1 aliphatic rings. The topological polar surface area (TPSA) is 126 Å². The number of carbonyl (C=O) groups excluding carboxylic acids is 1. The van der Waals surface area contributed by atoms with Gasteiger partial charge in [-0.1, -0.05) is 18.2 Å². The summed E-state index contributed by atoms with van der Waals surface area (Å²) in [6, 6.07) is 9.77. The lowest BCUT2D eigenvalue weighted by molar-refractivity contribution is -0.0458. The minimum Gasteiger partial charge on any atom is -0.394 e. The highest BCUT2D eigenvalue weighted by atomic mass is 16.5. The van der Waals surface area contributed by atoms with E-state index in [0.717, 1.165) is 0 Å². The number of rotatable bonds is 4. The first-order valence-electron chi connectivity index (χ1n) is 7.73. The van der Waals surface area contributed by atoms with Crippen LogP contribution in [0.4, 0.5) is 16.3 Å². The number of aliphatic hydroxyl groups is 2. The molecule has 0 aliphatic carbocycles. The van der Waals surface area contributed by atoms with E-state index in [0.29, 0.717) is 5.69 Å². The van der Waals surface area contributed by atoms with Gasteiger partial charge in [-0.05, 0) is 18.2 Å². The van der Waals surface area contributed by atoms with Crippen molar-refractivity contribution in [3.63, 3.8) is 0 Å². The van der Waals surface area contributed by atoms with Crippen molar-refractivity contribution in [1.82, 2.24) is 9.55 Å². The second-order valence-electron chi connectivity index (χ2n) is 5.56. The van der Waals surface area contributed by atoms with Crippen LogP contribution in [-0.4, -0.2) is 44.6 Å². The predicted octanol–water partition coefficient (Wildman–Crippen LogP) is 0.528. The van der Waals surface area contributed by atoms with Crippen LogP contribution in [-0.2, 0) is 4.74 Å². The molecule has 0 spiro atoms. The fourth-order valence-corrected chi connectivity index (χ4v) is 2.55. The number of aromatic nitrogens is 2. The van der Waals surface area contributed by atoms with Crippen LogP contribution in [0.1, 0.15) is 12.6 Å². The Bertz CT molecular complexity index is 795. The Morgan fingerprint density at radius 1 is 1.28 bits per heavy atom. The molecule has 2 aromatic rings. The first-order valence-corrected chi connectivity index (χ1v) is 7.73. The zero-order valence-electron chi connectivity index (χ0n) is 13.2. The van der Waals surface area contributed by atoms with Crippen molar-refractivity contribution in [2.24, 2.45) is 0 Å². The third-order valence-electron chi connectivity index (χ3n) is 3.80. The zero-order valence-corrected chi connectivity index (χ0v) is 13.2. The Kier molecular flexibility index (Phi) is 5.08. The standard InChI is InChI=1S/C16H18N4O5/c21-9-12-11(22)8-14(25-12)20-7-6-13(19-16(20)24)18-15(23)17-10-4-2-1-3-5-10/h1-7,11-12,14,21-22H,8-9H2,(H2,17,18,19,23,24)/t11-,12?,14-/m1/s1. The van der Waals surface area contributed by atoms with Gasteiger partial charge in [-0.3, -0.25) is 9.88 Å². The Labute approximate surface area is 142 Å². The molecular formula is C16H18N4O5. The van der Waals surface area contributed by atoms with E-state index in [1.54, 1.807) is 24.3 Å². The molecule has 1 saturated heterocycles. The van der Waals surface area contributed by atoms with Crippen molar-refractivity contribution < 1.29 is 19.7 Å². The number of nitrogens with one attached hydrogen (secondary N) is 2. The first-order chi connectivity index (χ1) is 12.1. The van der Waals surface area contributed by atoms with Crippen molar-refractivity contribution in [1.29, 1.82) is 0 Å². The van der Waals surface area contributed by atoms with E-state index in [4.69, 9.17) is 9.84 Å². The average molecular weight is 346 g/mol. The van der Waals surface area contributed by atoms with Crippen molar-refractivity contribution in [2.45, 2.75) is 24.9 Å². The van der Waals surface area contributed by atoms with Gasteiger partial charge >= 0.3 is 11.7 Å². The maximum Gasteiger partial charge on any atom is 0.351 e. The number of benzene rings is 1. The van der Waals surface area contributed by atoms with E-state index in [2.05, 4.69) is 15.6 Å². The lowest BCUT2D eigenvalue weighted by atomic mass is 10.2. The first kappa shape index (κ1) is 17.1. The molecule has 0 bridgehead atoms. The van der Waals surface area contributed by atoms with E-state index in [1.165, 1.54) is 16.8 Å². The van der Waals surface area contributed by atoms with Crippen LogP contribution in [0.2, 0.25) is 0 Å². The van der Waals surface area contributed by atoms with Gasteiger partial charge in [0.2, 0.25) is 0 Å². The van der Waals surface area contributed by atoms with Gasteiger partial charge in [0.25, 0.3) is 0 Å². The molecule has 1 unspecified atom stereocenters. The number of nitrogens with zero attached hydrogens (tertiary/aromatic N) is 2. The molecule has 1 aromatic carbocycles. The highest BCUT2D eigenvalue weighted by Gasteiger charge is 2.34. The van der Waals surface area contributed by atoms with Gasteiger partial charge in [0.15, 0.2) is 0 Å². The van der Waals surface area contributed by atoms with E-state index >= 15 is 0 Å². The van der Waals surface area contributed by atoms with Gasteiger partial charge in [0.1, 0.15) is 18.1 Å². The average Bonchev–Trinajstić information content (AvgIpc) is 2.96. The molecule has 2 amide bonds. The second-order valence-corrected chi connectivity index (χ2v) is 5.56. The summed E-state index contributed by atoms with van der Waals surface area (Å²) in [4.78, 5) is 27.8. The van der Waals surface area contributed by atoms with Crippen LogP contribution in [0.15, 0.2) is 47.4 Å². The Morgan fingerprint density at radius 3 is 2.68 bits per heavy atom. The molecule has 9 nitrogen and oxygen atoms in total. The number of ether oxygens (including phenoxy) is 1. The molecule has 1 aromatic heterocycles. The van der Waals surface area contributed by atoms with Crippen LogP contribution in [0, 0.1) is 0 Å². The third-order valence-corrected chi connectivity index (χ3v) is 3.80. The SMILES string of the molecule is O=C(Nc1ccccc1)Nc1ccn([C@H]2C[C@@H](O)C(CO)O2)c(=O)n1. The van der Waals surface area contributed by atoms with Crippen LogP contribution in [0.3, 0.4) is 0 Å². The van der Waals surface area contributed by atoms with Crippen LogP contribution in [0.25, 0.3) is 0 Å². The maximum absolute atomic E-state index is 12.1. The Balaban J connectivity index is 1.66. The molecule has 25 heavy (non-hydrogen) atoms. The number of aliphatic hydroxyl groups excluding tert-OH is 2. The number of amides is 2. The maximum atomic E-state index is 12.1. The fraction of sp³-hybridized carbons (Fsp3) is 0.312. The molecule has 3 rings (SSSR count). The lowest BCUT2D eigenvalue weighted by Crippen LogP contribution is -2.29.